The van der Waals surface area contributed by atoms with Gasteiger partial charge < -0.3 is 5.73 Å². The molecule has 1 aromatic rings. The zero-order valence-electron chi connectivity index (χ0n) is 11.8. The molecule has 1 aliphatic rings. The number of primary amides is 1. The van der Waals surface area contributed by atoms with E-state index in [0.29, 0.717) is 6.42 Å². The summed E-state index contributed by atoms with van der Waals surface area (Å²) in [5, 5.41) is -0.417. The number of nitrogens with two attached hydrogens (primary N) is 1. The summed E-state index contributed by atoms with van der Waals surface area (Å²) in [6.07, 6.45) is 4.89. The Morgan fingerprint density at radius 3 is 2.80 bits per heavy atom. The second kappa shape index (κ2) is 5.74. The van der Waals surface area contributed by atoms with Gasteiger partial charge in [-0.25, -0.2) is 0 Å². The van der Waals surface area contributed by atoms with Crippen LogP contribution < -0.4 is 5.73 Å². The maximum Gasteiger partial charge on any atom is 0.282 e. The van der Waals surface area contributed by atoms with Crippen molar-refractivity contribution in [1.29, 1.82) is 0 Å². The van der Waals surface area contributed by atoms with E-state index in [9.17, 15) is 9.59 Å². The molecule has 108 valence electrons. The minimum atomic E-state index is -0.417. The van der Waals surface area contributed by atoms with E-state index >= 15 is 0 Å². The predicted octanol–water partition coefficient (Wildman–Crippen LogP) is 4.19. The molecular formula is C15H19NO2S2. The molecule has 0 fully saturated rings. The number of aryl methyl sites for hydroxylation is 1. The van der Waals surface area contributed by atoms with E-state index in [1.54, 1.807) is 11.3 Å². The monoisotopic (exact) mass is 309 g/mol. The van der Waals surface area contributed by atoms with Gasteiger partial charge in [0.1, 0.15) is 0 Å². The number of amides is 1. The minimum Gasteiger partial charge on any atom is -0.360 e. The zero-order valence-corrected chi connectivity index (χ0v) is 13.5. The van der Waals surface area contributed by atoms with Gasteiger partial charge in [0.15, 0.2) is 5.78 Å². The third-order valence-electron chi connectivity index (χ3n) is 3.39. The van der Waals surface area contributed by atoms with Crippen LogP contribution in [0.1, 0.15) is 47.5 Å². The maximum atomic E-state index is 12.4. The van der Waals surface area contributed by atoms with E-state index < -0.39 is 5.24 Å². The van der Waals surface area contributed by atoms with Crippen molar-refractivity contribution in [2.45, 2.75) is 43.7 Å². The number of rotatable bonds is 4. The highest BCUT2D eigenvalue weighted by atomic mass is 32.2. The third-order valence-corrected chi connectivity index (χ3v) is 5.60. The normalized spacial score (nSPS) is 16.8. The standard InChI is InChI=1S/C15H19NO2S2/c1-4-5-6-11-12-9(13(19-11)20-14(16)18)7-15(2,3)8-10(12)17/h4H,1,5-8H2,2-3H3,(H2,16,18). The van der Waals surface area contributed by atoms with Crippen LogP contribution in [-0.4, -0.2) is 11.0 Å². The van der Waals surface area contributed by atoms with Gasteiger partial charge in [0, 0.05) is 16.9 Å². The molecule has 2 rings (SSSR count). The van der Waals surface area contributed by atoms with Gasteiger partial charge in [-0.1, -0.05) is 19.9 Å². The van der Waals surface area contributed by atoms with Crippen molar-refractivity contribution < 1.29 is 9.59 Å². The van der Waals surface area contributed by atoms with E-state index in [1.807, 2.05) is 6.08 Å². The first-order valence-corrected chi connectivity index (χ1v) is 8.23. The molecule has 1 aliphatic carbocycles. The van der Waals surface area contributed by atoms with Crippen molar-refractivity contribution in [3.05, 3.63) is 28.7 Å². The lowest BCUT2D eigenvalue weighted by atomic mass is 9.74. The molecule has 0 aromatic carbocycles. The molecule has 0 radical (unpaired) electrons. The van der Waals surface area contributed by atoms with Crippen LogP contribution in [0.3, 0.4) is 0 Å². The van der Waals surface area contributed by atoms with Crippen molar-refractivity contribution >= 4 is 34.1 Å². The van der Waals surface area contributed by atoms with Crippen molar-refractivity contribution in [1.82, 2.24) is 0 Å². The first-order chi connectivity index (χ1) is 9.34. The number of thiophene rings is 1. The van der Waals surface area contributed by atoms with Crippen LogP contribution >= 0.6 is 23.1 Å². The fraction of sp³-hybridized carbons (Fsp3) is 0.467. The molecule has 5 heteroatoms. The molecule has 0 unspecified atom stereocenters. The first kappa shape index (κ1) is 15.3. The summed E-state index contributed by atoms with van der Waals surface area (Å²) < 4.78 is 0.896. The van der Waals surface area contributed by atoms with Crippen molar-refractivity contribution in [2.24, 2.45) is 11.1 Å². The van der Waals surface area contributed by atoms with Crippen molar-refractivity contribution in [2.75, 3.05) is 0 Å². The molecule has 2 N–H and O–H groups in total. The Kier molecular flexibility index (Phi) is 4.39. The Morgan fingerprint density at radius 2 is 2.20 bits per heavy atom. The molecule has 0 bridgehead atoms. The minimum absolute atomic E-state index is 0.0478. The van der Waals surface area contributed by atoms with E-state index in [4.69, 9.17) is 5.73 Å². The van der Waals surface area contributed by atoms with Crippen LogP contribution in [0, 0.1) is 5.41 Å². The quantitative estimate of drug-likeness (QED) is 0.670. The Labute approximate surface area is 127 Å². The zero-order chi connectivity index (χ0) is 14.9. The highest BCUT2D eigenvalue weighted by Crippen LogP contribution is 2.45. The van der Waals surface area contributed by atoms with Crippen LogP contribution in [0.15, 0.2) is 16.9 Å². The third kappa shape index (κ3) is 3.15. The Balaban J connectivity index is 2.47. The van der Waals surface area contributed by atoms with Gasteiger partial charge in [-0.3, -0.25) is 9.59 Å². The lowest BCUT2D eigenvalue weighted by Crippen LogP contribution is -2.27. The highest BCUT2D eigenvalue weighted by Gasteiger charge is 2.36. The molecular weight excluding hydrogens is 290 g/mol. The fourth-order valence-electron chi connectivity index (χ4n) is 2.63. The predicted molar refractivity (Wildman–Crippen MR) is 84.7 cm³/mol. The van der Waals surface area contributed by atoms with Gasteiger partial charge in [0.25, 0.3) is 5.24 Å². The van der Waals surface area contributed by atoms with E-state index in [2.05, 4.69) is 20.4 Å². The summed E-state index contributed by atoms with van der Waals surface area (Å²) in [6.45, 7) is 7.91. The summed E-state index contributed by atoms with van der Waals surface area (Å²) in [4.78, 5) is 24.7. The Bertz CT molecular complexity index is 573. The largest absolute Gasteiger partial charge is 0.360 e. The van der Waals surface area contributed by atoms with E-state index in [-0.39, 0.29) is 11.2 Å². The number of carbonyl (C=O) groups excluding carboxylic acids is 2. The van der Waals surface area contributed by atoms with Crippen molar-refractivity contribution in [3.63, 3.8) is 0 Å². The number of ketones is 1. The number of allylic oxidation sites excluding steroid dienone is 1. The summed E-state index contributed by atoms with van der Waals surface area (Å²) in [6, 6.07) is 0. The van der Waals surface area contributed by atoms with Crippen LogP contribution in [0.2, 0.25) is 0 Å². The van der Waals surface area contributed by atoms with Crippen LogP contribution in [0.25, 0.3) is 0 Å². The van der Waals surface area contributed by atoms with Gasteiger partial charge in [-0.05, 0) is 42.0 Å². The van der Waals surface area contributed by atoms with E-state index in [1.165, 1.54) is 0 Å². The summed E-state index contributed by atoms with van der Waals surface area (Å²) in [7, 11) is 0. The van der Waals surface area contributed by atoms with Crippen LogP contribution in [0.4, 0.5) is 4.79 Å². The molecule has 0 spiro atoms. The number of carbonyl (C=O) groups is 2. The molecule has 1 amide bonds. The number of hydrogen-bond acceptors (Lipinski definition) is 4. The molecule has 0 aliphatic heterocycles. The topological polar surface area (TPSA) is 60.2 Å². The fourth-order valence-corrected chi connectivity index (χ4v) is 4.90. The van der Waals surface area contributed by atoms with Gasteiger partial charge in [-0.2, -0.15) is 0 Å². The summed E-state index contributed by atoms with van der Waals surface area (Å²) in [5.41, 5.74) is 7.13. The smallest absolute Gasteiger partial charge is 0.282 e. The Morgan fingerprint density at radius 1 is 1.50 bits per heavy atom. The van der Waals surface area contributed by atoms with Crippen LogP contribution in [-0.2, 0) is 12.8 Å². The lowest BCUT2D eigenvalue weighted by Gasteiger charge is -2.29. The van der Waals surface area contributed by atoms with Crippen molar-refractivity contribution in [3.8, 4) is 0 Å². The van der Waals surface area contributed by atoms with Gasteiger partial charge >= 0.3 is 0 Å². The number of hydrogen-bond donors (Lipinski definition) is 1. The average molecular weight is 309 g/mol. The number of Topliss-reactive ketones (excluding diaryl/α,β-unsaturated/α-hetero) is 1. The molecule has 3 nitrogen and oxygen atoms in total. The second-order valence-corrected chi connectivity index (χ2v) is 8.23. The molecule has 0 saturated heterocycles. The maximum absolute atomic E-state index is 12.4. The molecule has 0 atom stereocenters. The van der Waals surface area contributed by atoms with Gasteiger partial charge in [0.2, 0.25) is 0 Å². The summed E-state index contributed by atoms with van der Waals surface area (Å²) >= 11 is 2.59. The van der Waals surface area contributed by atoms with Crippen LogP contribution in [0.5, 0.6) is 0 Å². The molecule has 1 heterocycles. The molecule has 0 saturated carbocycles. The summed E-state index contributed by atoms with van der Waals surface area (Å²) in [5.74, 6) is 0.197. The lowest BCUT2D eigenvalue weighted by molar-refractivity contribution is 0.0911. The van der Waals surface area contributed by atoms with Gasteiger partial charge in [0.05, 0.1) is 4.21 Å². The first-order valence-electron chi connectivity index (χ1n) is 6.60. The average Bonchev–Trinajstić information content (AvgIpc) is 2.62. The number of thioether (sulfide) groups is 1. The Hall–Kier alpha value is -1.07. The van der Waals surface area contributed by atoms with E-state index in [0.717, 1.165) is 51.2 Å². The SMILES string of the molecule is C=CCCc1sc(SC(N)=O)c2c1C(=O)CC(C)(C)C2. The number of fused-ring (bicyclic) bond motifs is 1. The molecule has 20 heavy (non-hydrogen) atoms. The molecule has 1 aromatic heterocycles. The van der Waals surface area contributed by atoms with Gasteiger partial charge in [-0.15, -0.1) is 17.9 Å². The highest BCUT2D eigenvalue weighted by molar-refractivity contribution is 8.15. The second-order valence-electron chi connectivity index (χ2n) is 5.86.